The molecule has 0 fully saturated rings. The van der Waals surface area contributed by atoms with Crippen LogP contribution in [0.15, 0.2) is 72.8 Å². The van der Waals surface area contributed by atoms with Gasteiger partial charge in [-0.2, -0.15) is 44.6 Å². The Morgan fingerprint density at radius 1 is 0.452 bits per heavy atom. The summed E-state index contributed by atoms with van der Waals surface area (Å²) in [6.07, 6.45) is 0. The van der Waals surface area contributed by atoms with Crippen LogP contribution in [0.25, 0.3) is 50.3 Å². The first kappa shape index (κ1) is 24.8. The molecule has 42 heavy (non-hydrogen) atoms. The molecule has 0 N–H and O–H groups in total. The van der Waals surface area contributed by atoms with Crippen molar-refractivity contribution in [3.05, 3.63) is 107 Å². The maximum atomic E-state index is 10.00. The van der Waals surface area contributed by atoms with Gasteiger partial charge in [0.2, 0.25) is 0 Å². The Morgan fingerprint density at radius 3 is 0.976 bits per heavy atom. The van der Waals surface area contributed by atoms with Crippen molar-refractivity contribution < 1.29 is 0 Å². The number of aromatic nitrogens is 6. The highest BCUT2D eigenvalue weighted by atomic mass is 15.4. The first-order chi connectivity index (χ1) is 20.5. The lowest BCUT2D eigenvalue weighted by molar-refractivity contribution is 0.815. The third kappa shape index (κ3) is 3.30. The molecule has 0 aliphatic rings. The van der Waals surface area contributed by atoms with Crippen LogP contribution in [-0.4, -0.2) is 28.8 Å². The van der Waals surface area contributed by atoms with Gasteiger partial charge in [-0.3, -0.25) is 0 Å². The fraction of sp³-hybridized carbons (Fsp3) is 0.0909. The van der Waals surface area contributed by atoms with Gasteiger partial charge in [0.05, 0.1) is 68.7 Å². The van der Waals surface area contributed by atoms with Gasteiger partial charge >= 0.3 is 0 Å². The van der Waals surface area contributed by atoms with Gasteiger partial charge in [0.25, 0.3) is 0 Å². The molecule has 0 amide bonds. The molecular weight excluding hydrogens is 522 g/mol. The van der Waals surface area contributed by atoms with E-state index in [1.54, 1.807) is 18.2 Å². The van der Waals surface area contributed by atoms with E-state index in [-0.39, 0.29) is 0 Å². The van der Waals surface area contributed by atoms with Crippen LogP contribution in [-0.2, 0) is 0 Å². The quantitative estimate of drug-likeness (QED) is 0.263. The molecule has 4 heterocycles. The lowest BCUT2D eigenvalue weighted by atomic mass is 9.99. The number of hydrogen-bond donors (Lipinski definition) is 0. The summed E-state index contributed by atoms with van der Waals surface area (Å²) in [5.41, 5.74) is 10.1. The van der Waals surface area contributed by atoms with E-state index in [0.29, 0.717) is 50.7 Å². The van der Waals surface area contributed by atoms with E-state index in [2.05, 4.69) is 18.2 Å². The van der Waals surface area contributed by atoms with Gasteiger partial charge < -0.3 is 0 Å². The molecule has 0 aliphatic carbocycles. The van der Waals surface area contributed by atoms with Crippen molar-refractivity contribution in [2.24, 2.45) is 0 Å². The van der Waals surface area contributed by atoms with Crippen LogP contribution in [0.2, 0.25) is 0 Å². The molecule has 0 bridgehead atoms. The first-order valence-corrected chi connectivity index (χ1v) is 13.3. The number of fused-ring (bicyclic) bond motifs is 6. The minimum Gasteiger partial charge on any atom is -0.195 e. The molecule has 9 nitrogen and oxygen atoms in total. The zero-order valence-electron chi connectivity index (χ0n) is 23.0. The smallest absolute Gasteiger partial charge is 0.169 e. The SMILES string of the molecule is Cc1nn2c(c1-c1ccccc1C#N)n1nc(C)c(-c3ccccc3C#N)c1n1nc(C)c(-c3ccccc3C#N)c21. The first-order valence-electron chi connectivity index (χ1n) is 13.3. The monoisotopic (exact) mass is 543 g/mol. The standard InChI is InChI=1S/C33H21N9/c1-19-28(25-13-7-4-10-22(25)16-34)31-40(37-19)32-29(26-14-8-5-11-23(26)17-35)20(2)39-42(32)33-30(21(3)38-41(31)33)27-15-9-6-12-24(27)18-36/h4-15H,1-3H3. The highest BCUT2D eigenvalue weighted by molar-refractivity contribution is 5.94. The highest BCUT2D eigenvalue weighted by Gasteiger charge is 2.29. The van der Waals surface area contributed by atoms with Crippen LogP contribution >= 0.6 is 0 Å². The van der Waals surface area contributed by atoms with Gasteiger partial charge in [-0.15, -0.1) is 0 Å². The summed E-state index contributed by atoms with van der Waals surface area (Å²) in [6.45, 7) is 5.73. The molecule has 0 radical (unpaired) electrons. The van der Waals surface area contributed by atoms with Crippen LogP contribution in [0, 0.1) is 54.8 Å². The summed E-state index contributed by atoms with van der Waals surface area (Å²) in [5.74, 6) is 0. The Labute approximate surface area is 240 Å². The maximum Gasteiger partial charge on any atom is 0.169 e. The van der Waals surface area contributed by atoms with Crippen LogP contribution in [0.5, 0.6) is 0 Å². The van der Waals surface area contributed by atoms with Crippen molar-refractivity contribution in [3.8, 4) is 51.6 Å². The highest BCUT2D eigenvalue weighted by Crippen LogP contribution is 2.39. The molecule has 3 aromatic carbocycles. The Bertz CT molecular complexity index is 2080. The molecule has 7 aromatic rings. The lowest BCUT2D eigenvalue weighted by Gasteiger charge is -2.10. The van der Waals surface area contributed by atoms with Gasteiger partial charge in [-0.25, -0.2) is 0 Å². The van der Waals surface area contributed by atoms with Crippen LogP contribution in [0.4, 0.5) is 0 Å². The lowest BCUT2D eigenvalue weighted by Crippen LogP contribution is -2.07. The van der Waals surface area contributed by atoms with Crippen molar-refractivity contribution in [1.82, 2.24) is 28.8 Å². The average molecular weight is 544 g/mol. The summed E-state index contributed by atoms with van der Waals surface area (Å²) < 4.78 is 5.42. The molecule has 0 spiro atoms. The van der Waals surface area contributed by atoms with Crippen LogP contribution in [0.3, 0.4) is 0 Å². The van der Waals surface area contributed by atoms with Gasteiger partial charge in [-0.1, -0.05) is 54.6 Å². The zero-order chi connectivity index (χ0) is 29.1. The second-order valence-corrected chi connectivity index (χ2v) is 10.1. The Hall–Kier alpha value is -6.24. The second kappa shape index (κ2) is 9.16. The fourth-order valence-corrected chi connectivity index (χ4v) is 5.92. The van der Waals surface area contributed by atoms with Crippen molar-refractivity contribution in [2.45, 2.75) is 20.8 Å². The topological polar surface area (TPSA) is 123 Å². The summed E-state index contributed by atoms with van der Waals surface area (Å²) in [4.78, 5) is 0. The van der Waals surface area contributed by atoms with Gasteiger partial charge in [0, 0.05) is 16.7 Å². The summed E-state index contributed by atoms with van der Waals surface area (Å²) in [6, 6.07) is 29.3. The van der Waals surface area contributed by atoms with E-state index < -0.39 is 0 Å². The Kier molecular flexibility index (Phi) is 5.40. The van der Waals surface area contributed by atoms with Crippen LogP contribution in [0.1, 0.15) is 33.8 Å². The zero-order valence-corrected chi connectivity index (χ0v) is 23.0. The number of hydrogen-bond acceptors (Lipinski definition) is 6. The third-order valence-corrected chi connectivity index (χ3v) is 7.66. The molecule has 7 rings (SSSR count). The fourth-order valence-electron chi connectivity index (χ4n) is 5.92. The van der Waals surface area contributed by atoms with E-state index in [9.17, 15) is 15.8 Å². The van der Waals surface area contributed by atoms with Crippen molar-refractivity contribution in [2.75, 3.05) is 0 Å². The second-order valence-electron chi connectivity index (χ2n) is 10.1. The number of benzene rings is 3. The molecular formula is C33H21N9. The van der Waals surface area contributed by atoms with E-state index >= 15 is 0 Å². The molecule has 0 saturated carbocycles. The van der Waals surface area contributed by atoms with Crippen LogP contribution < -0.4 is 0 Å². The van der Waals surface area contributed by atoms with Gasteiger partial charge in [0.1, 0.15) is 0 Å². The number of aryl methyl sites for hydroxylation is 3. The average Bonchev–Trinajstić information content (AvgIpc) is 3.66. The molecule has 0 atom stereocenters. The van der Waals surface area contributed by atoms with Crippen molar-refractivity contribution in [3.63, 3.8) is 0 Å². The summed E-state index contributed by atoms with van der Waals surface area (Å²) in [7, 11) is 0. The summed E-state index contributed by atoms with van der Waals surface area (Å²) >= 11 is 0. The number of rotatable bonds is 3. The predicted octanol–water partition coefficient (Wildman–Crippen LogP) is 6.17. The Balaban J connectivity index is 1.78. The van der Waals surface area contributed by atoms with E-state index in [4.69, 9.17) is 15.3 Å². The van der Waals surface area contributed by atoms with Gasteiger partial charge in [-0.05, 0) is 39.0 Å². The normalized spacial score (nSPS) is 11.1. The van der Waals surface area contributed by atoms with Crippen molar-refractivity contribution >= 4 is 16.9 Å². The molecule has 0 unspecified atom stereocenters. The third-order valence-electron chi connectivity index (χ3n) is 7.66. The van der Waals surface area contributed by atoms with E-state index in [1.807, 2.05) is 88.9 Å². The minimum atomic E-state index is 0.516. The molecule has 4 aromatic heterocycles. The minimum absolute atomic E-state index is 0.516. The molecule has 0 saturated heterocycles. The molecule has 9 heteroatoms. The van der Waals surface area contributed by atoms with Crippen molar-refractivity contribution in [1.29, 1.82) is 15.8 Å². The van der Waals surface area contributed by atoms with Gasteiger partial charge in [0.15, 0.2) is 16.9 Å². The van der Waals surface area contributed by atoms with E-state index in [0.717, 1.165) is 33.4 Å². The molecule has 198 valence electrons. The summed E-state index contributed by atoms with van der Waals surface area (Å²) in [5, 5.41) is 45.0. The Morgan fingerprint density at radius 2 is 0.714 bits per heavy atom. The predicted molar refractivity (Wildman–Crippen MR) is 157 cm³/mol. The maximum absolute atomic E-state index is 10.00. The molecule has 0 aliphatic heterocycles. The number of nitriles is 3. The largest absolute Gasteiger partial charge is 0.195 e. The number of nitrogens with zero attached hydrogens (tertiary/aromatic N) is 9. The van der Waals surface area contributed by atoms with E-state index in [1.165, 1.54) is 0 Å².